The first-order valence-electron chi connectivity index (χ1n) is 6.41. The Labute approximate surface area is 116 Å². The number of hydrogen-bond donors (Lipinski definition) is 2. The highest BCUT2D eigenvalue weighted by atomic mass is 19.1. The van der Waals surface area contributed by atoms with Crippen LogP contribution in [0.3, 0.4) is 0 Å². The van der Waals surface area contributed by atoms with E-state index in [2.05, 4.69) is 5.32 Å². The van der Waals surface area contributed by atoms with Crippen molar-refractivity contribution in [1.82, 2.24) is 10.2 Å². The van der Waals surface area contributed by atoms with E-state index in [9.17, 15) is 19.1 Å². The third-order valence-corrected chi connectivity index (χ3v) is 3.29. The van der Waals surface area contributed by atoms with Crippen LogP contribution in [0.4, 0.5) is 4.39 Å². The summed E-state index contributed by atoms with van der Waals surface area (Å²) in [7, 11) is 0. The van der Waals surface area contributed by atoms with Gasteiger partial charge in [-0.1, -0.05) is 6.07 Å². The van der Waals surface area contributed by atoms with Crippen LogP contribution in [0.25, 0.3) is 0 Å². The van der Waals surface area contributed by atoms with Crippen LogP contribution in [-0.4, -0.2) is 47.1 Å². The fraction of sp³-hybridized carbons (Fsp3) is 0.429. The van der Waals surface area contributed by atoms with Crippen LogP contribution in [0, 0.1) is 5.82 Å². The fourth-order valence-corrected chi connectivity index (χ4v) is 2.16. The lowest BCUT2D eigenvalue weighted by Gasteiger charge is -2.19. The van der Waals surface area contributed by atoms with E-state index in [-0.39, 0.29) is 24.6 Å². The topological polar surface area (TPSA) is 69.6 Å². The minimum Gasteiger partial charge on any atom is -0.388 e. The van der Waals surface area contributed by atoms with Crippen molar-refractivity contribution in [3.05, 3.63) is 35.6 Å². The normalized spacial score (nSPS) is 21.9. The lowest BCUT2D eigenvalue weighted by Crippen LogP contribution is -2.40. The minimum atomic E-state index is -0.859. The lowest BCUT2D eigenvalue weighted by atomic mass is 10.1. The van der Waals surface area contributed by atoms with Gasteiger partial charge < -0.3 is 15.3 Å². The van der Waals surface area contributed by atoms with Crippen molar-refractivity contribution in [3.8, 4) is 0 Å². The summed E-state index contributed by atoms with van der Waals surface area (Å²) >= 11 is 0. The summed E-state index contributed by atoms with van der Waals surface area (Å²) in [5, 5.41) is 12.2. The third kappa shape index (κ3) is 3.54. The second kappa shape index (κ2) is 5.58. The molecule has 2 rings (SSSR count). The number of carbonyl (C=O) groups excluding carboxylic acids is 2. The van der Waals surface area contributed by atoms with E-state index < -0.39 is 17.3 Å². The van der Waals surface area contributed by atoms with Crippen LogP contribution in [0.2, 0.25) is 0 Å². The zero-order chi connectivity index (χ0) is 14.8. The Balaban J connectivity index is 1.86. The first kappa shape index (κ1) is 14.5. The quantitative estimate of drug-likeness (QED) is 0.849. The predicted molar refractivity (Wildman–Crippen MR) is 70.6 cm³/mol. The molecule has 1 aliphatic rings. The Morgan fingerprint density at radius 1 is 1.50 bits per heavy atom. The molecule has 0 radical (unpaired) electrons. The first-order valence-corrected chi connectivity index (χ1v) is 6.41. The summed E-state index contributed by atoms with van der Waals surface area (Å²) in [6.07, 6.45) is 0.524. The molecule has 0 bridgehead atoms. The van der Waals surface area contributed by atoms with Gasteiger partial charge in [-0.2, -0.15) is 0 Å². The molecule has 5 nitrogen and oxygen atoms in total. The highest BCUT2D eigenvalue weighted by Gasteiger charge is 2.33. The molecule has 20 heavy (non-hydrogen) atoms. The van der Waals surface area contributed by atoms with E-state index in [0.717, 1.165) is 6.07 Å². The second-order valence-corrected chi connectivity index (χ2v) is 5.26. The molecular formula is C14H17FN2O3. The highest BCUT2D eigenvalue weighted by molar-refractivity contribution is 5.96. The van der Waals surface area contributed by atoms with E-state index in [1.165, 1.54) is 23.1 Å². The molecule has 2 N–H and O–H groups in total. The van der Waals surface area contributed by atoms with Gasteiger partial charge in [-0.25, -0.2) is 4.39 Å². The first-order chi connectivity index (χ1) is 9.37. The van der Waals surface area contributed by atoms with E-state index in [1.54, 1.807) is 6.92 Å². The van der Waals surface area contributed by atoms with Gasteiger partial charge in [0, 0.05) is 18.7 Å². The predicted octanol–water partition coefficient (Wildman–Crippen LogP) is 0.539. The Bertz CT molecular complexity index is 531. The molecule has 108 valence electrons. The summed E-state index contributed by atoms with van der Waals surface area (Å²) in [5.74, 6) is -1.25. The summed E-state index contributed by atoms with van der Waals surface area (Å²) in [4.78, 5) is 25.1. The molecule has 0 saturated carbocycles. The Kier molecular flexibility index (Phi) is 4.04. The number of aliphatic hydroxyl groups is 1. The number of likely N-dealkylation sites (tertiary alicyclic amines) is 1. The molecule has 1 aliphatic heterocycles. The lowest BCUT2D eigenvalue weighted by molar-refractivity contribution is -0.129. The number of halogens is 1. The van der Waals surface area contributed by atoms with Crippen molar-refractivity contribution in [1.29, 1.82) is 0 Å². The molecule has 0 spiro atoms. The van der Waals surface area contributed by atoms with Crippen molar-refractivity contribution in [3.63, 3.8) is 0 Å². The monoisotopic (exact) mass is 280 g/mol. The number of hydrogen-bond acceptors (Lipinski definition) is 3. The van der Waals surface area contributed by atoms with Crippen LogP contribution in [-0.2, 0) is 4.79 Å². The number of nitrogens with zero attached hydrogens (tertiary/aromatic N) is 1. The molecular weight excluding hydrogens is 263 g/mol. The molecule has 2 amide bonds. The van der Waals surface area contributed by atoms with Crippen molar-refractivity contribution in [2.75, 3.05) is 19.6 Å². The van der Waals surface area contributed by atoms with E-state index in [1.807, 2.05) is 0 Å². The number of nitrogens with one attached hydrogen (secondary N) is 1. The van der Waals surface area contributed by atoms with Crippen molar-refractivity contribution in [2.24, 2.45) is 0 Å². The van der Waals surface area contributed by atoms with Crippen LogP contribution >= 0.6 is 0 Å². The van der Waals surface area contributed by atoms with Crippen LogP contribution in [0.15, 0.2) is 24.3 Å². The molecule has 1 aromatic carbocycles. The smallest absolute Gasteiger partial charge is 0.251 e. The SMILES string of the molecule is CC1(O)CCN(C(=O)CNC(=O)c2cccc(F)c2)C1. The van der Waals surface area contributed by atoms with E-state index in [0.29, 0.717) is 13.0 Å². The Hall–Kier alpha value is -1.95. The van der Waals surface area contributed by atoms with Gasteiger partial charge in [0.15, 0.2) is 0 Å². The van der Waals surface area contributed by atoms with Crippen molar-refractivity contribution >= 4 is 11.8 Å². The molecule has 0 aromatic heterocycles. The van der Waals surface area contributed by atoms with E-state index >= 15 is 0 Å². The maximum absolute atomic E-state index is 13.0. The zero-order valence-corrected chi connectivity index (χ0v) is 11.2. The molecule has 1 unspecified atom stereocenters. The fourth-order valence-electron chi connectivity index (χ4n) is 2.16. The average Bonchev–Trinajstić information content (AvgIpc) is 2.76. The van der Waals surface area contributed by atoms with Crippen LogP contribution < -0.4 is 5.32 Å². The number of amides is 2. The number of carbonyl (C=O) groups is 2. The van der Waals surface area contributed by atoms with Crippen LogP contribution in [0.1, 0.15) is 23.7 Å². The maximum Gasteiger partial charge on any atom is 0.251 e. The molecule has 1 saturated heterocycles. The van der Waals surface area contributed by atoms with E-state index in [4.69, 9.17) is 0 Å². The van der Waals surface area contributed by atoms with Crippen molar-refractivity contribution < 1.29 is 19.1 Å². The van der Waals surface area contributed by atoms with Gasteiger partial charge in [0.05, 0.1) is 12.1 Å². The van der Waals surface area contributed by atoms with Gasteiger partial charge in [0.2, 0.25) is 5.91 Å². The molecule has 0 aliphatic carbocycles. The number of β-amino-alcohol motifs (C(OH)–C–C–N with tert-alkyl or cyclic N) is 1. The van der Waals surface area contributed by atoms with Gasteiger partial charge in [-0.05, 0) is 31.5 Å². The summed E-state index contributed by atoms with van der Waals surface area (Å²) < 4.78 is 13.0. The molecule has 1 atom stereocenters. The molecule has 1 heterocycles. The van der Waals surface area contributed by atoms with Gasteiger partial charge in [0.25, 0.3) is 5.91 Å². The van der Waals surface area contributed by atoms with Gasteiger partial charge in [0.1, 0.15) is 5.82 Å². The third-order valence-electron chi connectivity index (χ3n) is 3.29. The van der Waals surface area contributed by atoms with Gasteiger partial charge >= 0.3 is 0 Å². The largest absolute Gasteiger partial charge is 0.388 e. The number of rotatable bonds is 3. The van der Waals surface area contributed by atoms with Gasteiger partial charge in [-0.3, -0.25) is 9.59 Å². The summed E-state index contributed by atoms with van der Waals surface area (Å²) in [5.41, 5.74) is -0.686. The van der Waals surface area contributed by atoms with Crippen LogP contribution in [0.5, 0.6) is 0 Å². The Morgan fingerprint density at radius 2 is 2.25 bits per heavy atom. The minimum absolute atomic E-state index is 0.161. The van der Waals surface area contributed by atoms with Gasteiger partial charge in [-0.15, -0.1) is 0 Å². The number of benzene rings is 1. The second-order valence-electron chi connectivity index (χ2n) is 5.26. The summed E-state index contributed by atoms with van der Waals surface area (Å²) in [6, 6.07) is 5.27. The molecule has 1 aromatic rings. The molecule has 1 fully saturated rings. The zero-order valence-electron chi connectivity index (χ0n) is 11.2. The molecule has 6 heteroatoms. The Morgan fingerprint density at radius 3 is 2.85 bits per heavy atom. The average molecular weight is 280 g/mol. The maximum atomic E-state index is 13.0. The standard InChI is InChI=1S/C14H17FN2O3/c1-14(20)5-6-17(9-14)12(18)8-16-13(19)10-3-2-4-11(15)7-10/h2-4,7,20H,5-6,8-9H2,1H3,(H,16,19). The highest BCUT2D eigenvalue weighted by Crippen LogP contribution is 2.19. The van der Waals surface area contributed by atoms with Crippen molar-refractivity contribution in [2.45, 2.75) is 18.9 Å². The summed E-state index contributed by atoms with van der Waals surface area (Å²) in [6.45, 7) is 2.25.